The Balaban J connectivity index is 2.17. The monoisotopic (exact) mass is 208 g/mol. The molecular weight excluding hydrogens is 188 g/mol. The molecule has 1 saturated heterocycles. The summed E-state index contributed by atoms with van der Waals surface area (Å²) in [4.78, 5) is 6.87. The molecule has 0 amide bonds. The first-order chi connectivity index (χ1) is 7.22. The van der Waals surface area contributed by atoms with E-state index in [1.807, 2.05) is 17.9 Å². The fraction of sp³-hybridized carbons (Fsp3) is 0.727. The maximum atomic E-state index is 6.15. The van der Waals surface area contributed by atoms with Crippen molar-refractivity contribution in [1.82, 2.24) is 14.5 Å². The molecule has 4 heteroatoms. The fourth-order valence-corrected chi connectivity index (χ4v) is 2.41. The number of nitrogens with two attached hydrogens (primary N) is 1. The minimum absolute atomic E-state index is 0.242. The molecule has 0 saturated carbocycles. The number of imidazole rings is 1. The molecule has 0 aliphatic carbocycles. The summed E-state index contributed by atoms with van der Waals surface area (Å²) < 4.78 is 1.99. The lowest BCUT2D eigenvalue weighted by Crippen LogP contribution is -2.32. The maximum absolute atomic E-state index is 6.15. The van der Waals surface area contributed by atoms with Gasteiger partial charge < -0.3 is 10.3 Å². The molecule has 0 bridgehead atoms. The van der Waals surface area contributed by atoms with Crippen molar-refractivity contribution in [2.45, 2.75) is 31.8 Å². The molecule has 2 atom stereocenters. The minimum atomic E-state index is 0.242. The van der Waals surface area contributed by atoms with Crippen LogP contribution in [0.25, 0.3) is 0 Å². The van der Waals surface area contributed by atoms with E-state index in [-0.39, 0.29) is 6.04 Å². The lowest BCUT2D eigenvalue weighted by Gasteiger charge is -2.24. The third kappa shape index (κ3) is 2.06. The second kappa shape index (κ2) is 4.33. The van der Waals surface area contributed by atoms with Crippen LogP contribution in [0, 0.1) is 0 Å². The van der Waals surface area contributed by atoms with Gasteiger partial charge in [0.05, 0.1) is 18.1 Å². The van der Waals surface area contributed by atoms with Gasteiger partial charge in [0.25, 0.3) is 0 Å². The summed E-state index contributed by atoms with van der Waals surface area (Å²) >= 11 is 0. The van der Waals surface area contributed by atoms with Crippen LogP contribution in [0.5, 0.6) is 0 Å². The summed E-state index contributed by atoms with van der Waals surface area (Å²) in [5.74, 6) is 0. The van der Waals surface area contributed by atoms with E-state index in [1.54, 1.807) is 0 Å². The van der Waals surface area contributed by atoms with Crippen molar-refractivity contribution in [1.29, 1.82) is 0 Å². The van der Waals surface area contributed by atoms with E-state index in [4.69, 9.17) is 5.73 Å². The summed E-state index contributed by atoms with van der Waals surface area (Å²) in [7, 11) is 2.00. The van der Waals surface area contributed by atoms with E-state index in [0.29, 0.717) is 6.04 Å². The zero-order valence-electron chi connectivity index (χ0n) is 9.56. The third-order valence-corrected chi connectivity index (χ3v) is 3.09. The molecule has 0 unspecified atom stereocenters. The van der Waals surface area contributed by atoms with Crippen molar-refractivity contribution in [3.63, 3.8) is 0 Å². The Morgan fingerprint density at radius 2 is 2.40 bits per heavy atom. The first kappa shape index (κ1) is 10.6. The van der Waals surface area contributed by atoms with Gasteiger partial charge in [0, 0.05) is 25.8 Å². The van der Waals surface area contributed by atoms with Gasteiger partial charge in [-0.15, -0.1) is 0 Å². The number of likely N-dealkylation sites (tertiary alicyclic amines) is 1. The van der Waals surface area contributed by atoms with Gasteiger partial charge in [-0.25, -0.2) is 4.98 Å². The van der Waals surface area contributed by atoms with Crippen molar-refractivity contribution in [2.75, 3.05) is 13.1 Å². The summed E-state index contributed by atoms with van der Waals surface area (Å²) in [6.45, 7) is 4.44. The van der Waals surface area contributed by atoms with Gasteiger partial charge in [0.2, 0.25) is 0 Å². The molecule has 2 rings (SSSR count). The predicted octanol–water partition coefficient (Wildman–Crippen LogP) is 0.904. The standard InChI is InChI=1S/C11H20N4/c1-3-5-15-6-4-9(12)11(15)10-7-14(2)8-13-10/h7-9,11H,3-6,12H2,1-2H3/t9-,11-/m0/s1. The Labute approximate surface area is 91.1 Å². The first-order valence-corrected chi connectivity index (χ1v) is 5.70. The fourth-order valence-electron chi connectivity index (χ4n) is 2.41. The SMILES string of the molecule is CCCN1CC[C@H](N)[C@H]1c1cn(C)cn1. The van der Waals surface area contributed by atoms with Crippen molar-refractivity contribution >= 4 is 0 Å². The molecular formula is C11H20N4. The van der Waals surface area contributed by atoms with E-state index in [9.17, 15) is 0 Å². The van der Waals surface area contributed by atoms with Gasteiger partial charge in [-0.1, -0.05) is 6.92 Å². The van der Waals surface area contributed by atoms with Crippen LogP contribution in [0.4, 0.5) is 0 Å². The Morgan fingerprint density at radius 3 is 3.00 bits per heavy atom. The number of hydrogen-bond acceptors (Lipinski definition) is 3. The molecule has 0 spiro atoms. The molecule has 1 aliphatic rings. The van der Waals surface area contributed by atoms with Crippen molar-refractivity contribution in [3.05, 3.63) is 18.2 Å². The van der Waals surface area contributed by atoms with Gasteiger partial charge in [0.15, 0.2) is 0 Å². The topological polar surface area (TPSA) is 47.1 Å². The van der Waals surface area contributed by atoms with E-state index in [1.165, 1.54) is 6.42 Å². The highest BCUT2D eigenvalue weighted by Crippen LogP contribution is 2.29. The molecule has 2 N–H and O–H groups in total. The van der Waals surface area contributed by atoms with Gasteiger partial charge in [-0.2, -0.15) is 0 Å². The number of hydrogen-bond donors (Lipinski definition) is 1. The van der Waals surface area contributed by atoms with Crippen LogP contribution in [-0.4, -0.2) is 33.6 Å². The van der Waals surface area contributed by atoms with Gasteiger partial charge >= 0.3 is 0 Å². The molecule has 0 radical (unpaired) electrons. The lowest BCUT2D eigenvalue weighted by atomic mass is 10.1. The highest BCUT2D eigenvalue weighted by molar-refractivity contribution is 5.10. The Bertz CT molecular complexity index is 318. The summed E-state index contributed by atoms with van der Waals surface area (Å²) in [6, 6.07) is 0.567. The first-order valence-electron chi connectivity index (χ1n) is 5.70. The number of aromatic nitrogens is 2. The molecule has 1 aliphatic heterocycles. The normalized spacial score (nSPS) is 27.4. The van der Waals surface area contributed by atoms with E-state index in [2.05, 4.69) is 23.0 Å². The maximum Gasteiger partial charge on any atom is 0.0947 e. The third-order valence-electron chi connectivity index (χ3n) is 3.09. The smallest absolute Gasteiger partial charge is 0.0947 e. The average molecular weight is 208 g/mol. The van der Waals surface area contributed by atoms with Gasteiger partial charge in [-0.05, 0) is 19.4 Å². The highest BCUT2D eigenvalue weighted by atomic mass is 15.2. The summed E-state index contributed by atoms with van der Waals surface area (Å²) in [6.07, 6.45) is 6.19. The number of nitrogens with zero attached hydrogens (tertiary/aromatic N) is 3. The average Bonchev–Trinajstić information content (AvgIpc) is 2.74. The van der Waals surface area contributed by atoms with E-state index in [0.717, 1.165) is 25.2 Å². The molecule has 1 aromatic rings. The molecule has 1 aromatic heterocycles. The Morgan fingerprint density at radius 1 is 1.60 bits per heavy atom. The molecule has 84 valence electrons. The molecule has 0 aromatic carbocycles. The predicted molar refractivity (Wildman–Crippen MR) is 60.4 cm³/mol. The van der Waals surface area contributed by atoms with Crippen LogP contribution < -0.4 is 5.73 Å². The van der Waals surface area contributed by atoms with Crippen molar-refractivity contribution in [3.8, 4) is 0 Å². The van der Waals surface area contributed by atoms with E-state index >= 15 is 0 Å². The Kier molecular flexibility index (Phi) is 3.07. The molecule has 15 heavy (non-hydrogen) atoms. The van der Waals surface area contributed by atoms with Crippen LogP contribution in [0.1, 0.15) is 31.5 Å². The van der Waals surface area contributed by atoms with Gasteiger partial charge in [-0.3, -0.25) is 4.90 Å². The van der Waals surface area contributed by atoms with Crippen LogP contribution in [0.15, 0.2) is 12.5 Å². The summed E-state index contributed by atoms with van der Waals surface area (Å²) in [5.41, 5.74) is 7.27. The summed E-state index contributed by atoms with van der Waals surface area (Å²) in [5, 5.41) is 0. The molecule has 4 nitrogen and oxygen atoms in total. The largest absolute Gasteiger partial charge is 0.340 e. The van der Waals surface area contributed by atoms with Crippen molar-refractivity contribution < 1.29 is 0 Å². The number of rotatable bonds is 3. The second-order valence-electron chi connectivity index (χ2n) is 4.40. The second-order valence-corrected chi connectivity index (χ2v) is 4.40. The van der Waals surface area contributed by atoms with Crippen LogP contribution in [0.3, 0.4) is 0 Å². The zero-order chi connectivity index (χ0) is 10.8. The van der Waals surface area contributed by atoms with Gasteiger partial charge in [0.1, 0.15) is 0 Å². The van der Waals surface area contributed by atoms with Crippen LogP contribution in [0.2, 0.25) is 0 Å². The zero-order valence-corrected chi connectivity index (χ0v) is 9.56. The van der Waals surface area contributed by atoms with Crippen LogP contribution >= 0.6 is 0 Å². The quantitative estimate of drug-likeness (QED) is 0.803. The Hall–Kier alpha value is -0.870. The van der Waals surface area contributed by atoms with E-state index < -0.39 is 0 Å². The molecule has 1 fully saturated rings. The highest BCUT2D eigenvalue weighted by Gasteiger charge is 2.33. The minimum Gasteiger partial charge on any atom is -0.340 e. The van der Waals surface area contributed by atoms with Crippen molar-refractivity contribution in [2.24, 2.45) is 12.8 Å². The van der Waals surface area contributed by atoms with Crippen LogP contribution in [-0.2, 0) is 7.05 Å². The molecule has 2 heterocycles. The lowest BCUT2D eigenvalue weighted by molar-refractivity contribution is 0.244. The number of aryl methyl sites for hydroxylation is 1.